The van der Waals surface area contributed by atoms with Crippen LogP contribution in [0, 0.1) is 25.7 Å². The van der Waals surface area contributed by atoms with Gasteiger partial charge in [0.15, 0.2) is 0 Å². The van der Waals surface area contributed by atoms with E-state index in [1.54, 1.807) is 17.9 Å². The number of rotatable bonds is 9. The molecule has 0 aliphatic carbocycles. The Balaban J connectivity index is 1.82. The molecule has 0 radical (unpaired) electrons. The second-order valence-corrected chi connectivity index (χ2v) is 10.0. The van der Waals surface area contributed by atoms with Crippen LogP contribution in [0.4, 0.5) is 5.69 Å². The number of nitrogens with zero attached hydrogens (tertiary/aromatic N) is 2. The highest BCUT2D eigenvalue weighted by atomic mass is 16.5. The molecule has 2 bridgehead atoms. The van der Waals surface area contributed by atoms with E-state index in [4.69, 9.17) is 4.74 Å². The summed E-state index contributed by atoms with van der Waals surface area (Å²) in [7, 11) is 0. The van der Waals surface area contributed by atoms with Gasteiger partial charge in [0.05, 0.1) is 17.4 Å². The van der Waals surface area contributed by atoms with Gasteiger partial charge in [-0.3, -0.25) is 14.4 Å². The fourth-order valence-electron chi connectivity index (χ4n) is 6.52. The number of hydrogen-bond acceptors (Lipinski definition) is 5. The number of aliphatic hydroxyl groups excluding tert-OH is 1. The first kappa shape index (κ1) is 24.4. The van der Waals surface area contributed by atoms with E-state index < -0.39 is 35.0 Å². The Morgan fingerprint density at radius 3 is 2.53 bits per heavy atom. The first-order valence-electron chi connectivity index (χ1n) is 12.0. The predicted octanol–water partition coefficient (Wildman–Crippen LogP) is 2.44. The molecule has 3 saturated heterocycles. The molecule has 1 aromatic carbocycles. The van der Waals surface area contributed by atoms with Gasteiger partial charge in [0.1, 0.15) is 11.6 Å². The van der Waals surface area contributed by atoms with Crippen LogP contribution >= 0.6 is 0 Å². The van der Waals surface area contributed by atoms with E-state index in [1.165, 1.54) is 4.90 Å². The standard InChI is InChI=1S/C26H34N2O6/c1-5-13-27(20-16(2)9-8-10-17(20)3)23(31)21-26-12-11-25(4,34-26)19(24(32)33)18(26)22(30)28(21)14-6-7-15-29/h5,8-10,18-19,21,29H,1,6-7,11-15H2,2-4H3,(H,32,33)/t18-,19+,21?,25-,26?/m0/s1. The third kappa shape index (κ3) is 3.46. The van der Waals surface area contributed by atoms with E-state index in [0.29, 0.717) is 25.7 Å². The Labute approximate surface area is 200 Å². The Hall–Kier alpha value is -2.71. The number of anilines is 1. The number of aryl methyl sites for hydroxylation is 2. The monoisotopic (exact) mass is 470 g/mol. The first-order valence-corrected chi connectivity index (χ1v) is 12.0. The first-order chi connectivity index (χ1) is 16.1. The van der Waals surface area contributed by atoms with E-state index >= 15 is 0 Å². The van der Waals surface area contributed by atoms with Crippen molar-refractivity contribution in [2.24, 2.45) is 11.8 Å². The van der Waals surface area contributed by atoms with E-state index in [-0.39, 0.29) is 31.5 Å². The lowest BCUT2D eigenvalue weighted by atomic mass is 9.66. The number of aliphatic carboxylic acids is 1. The van der Waals surface area contributed by atoms with Crippen LogP contribution in [0.3, 0.4) is 0 Å². The second-order valence-electron chi connectivity index (χ2n) is 10.0. The van der Waals surface area contributed by atoms with Crippen LogP contribution in [0.1, 0.15) is 43.7 Å². The zero-order chi connectivity index (χ0) is 24.8. The number of carboxylic acids is 1. The minimum Gasteiger partial charge on any atom is -0.481 e. The number of hydrogen-bond donors (Lipinski definition) is 2. The van der Waals surface area contributed by atoms with Crippen LogP contribution in [-0.4, -0.2) is 69.8 Å². The highest BCUT2D eigenvalue weighted by molar-refractivity contribution is 6.05. The van der Waals surface area contributed by atoms with Crippen LogP contribution in [0.5, 0.6) is 0 Å². The summed E-state index contributed by atoms with van der Waals surface area (Å²) in [4.78, 5) is 43.5. The number of para-hydroxylation sites is 1. The van der Waals surface area contributed by atoms with Gasteiger partial charge in [0.25, 0.3) is 5.91 Å². The van der Waals surface area contributed by atoms with Crippen molar-refractivity contribution in [3.63, 3.8) is 0 Å². The molecule has 1 aromatic rings. The molecule has 2 amide bonds. The summed E-state index contributed by atoms with van der Waals surface area (Å²) in [6.07, 6.45) is 3.57. The molecule has 3 fully saturated rings. The third-order valence-electron chi connectivity index (χ3n) is 7.87. The van der Waals surface area contributed by atoms with Gasteiger partial charge in [-0.1, -0.05) is 24.3 Å². The number of benzene rings is 1. The van der Waals surface area contributed by atoms with Crippen molar-refractivity contribution >= 4 is 23.5 Å². The Kier molecular flexibility index (Phi) is 6.33. The van der Waals surface area contributed by atoms with Gasteiger partial charge >= 0.3 is 5.97 Å². The molecule has 8 nitrogen and oxygen atoms in total. The summed E-state index contributed by atoms with van der Waals surface area (Å²) >= 11 is 0. The van der Waals surface area contributed by atoms with Crippen molar-refractivity contribution in [2.45, 2.75) is 63.7 Å². The van der Waals surface area contributed by atoms with E-state index in [2.05, 4.69) is 6.58 Å². The number of aliphatic hydroxyl groups is 1. The zero-order valence-corrected chi connectivity index (χ0v) is 20.1. The lowest BCUT2D eigenvalue weighted by Crippen LogP contribution is -2.56. The summed E-state index contributed by atoms with van der Waals surface area (Å²) < 4.78 is 6.44. The Morgan fingerprint density at radius 2 is 1.94 bits per heavy atom. The average Bonchev–Trinajstić information content (AvgIpc) is 3.34. The van der Waals surface area contributed by atoms with Gasteiger partial charge in [0, 0.05) is 25.4 Å². The van der Waals surface area contributed by atoms with Crippen molar-refractivity contribution in [2.75, 3.05) is 24.6 Å². The normalized spacial score (nSPS) is 31.6. The number of unbranched alkanes of at least 4 members (excludes halogenated alkanes) is 1. The minimum atomic E-state index is -1.18. The molecule has 34 heavy (non-hydrogen) atoms. The fourth-order valence-corrected chi connectivity index (χ4v) is 6.52. The fraction of sp³-hybridized carbons (Fsp3) is 0.577. The van der Waals surface area contributed by atoms with Crippen molar-refractivity contribution in [3.05, 3.63) is 42.0 Å². The number of carbonyl (C=O) groups is 3. The number of amides is 2. The molecule has 184 valence electrons. The molecule has 5 atom stereocenters. The second kappa shape index (κ2) is 8.82. The maximum Gasteiger partial charge on any atom is 0.310 e. The van der Waals surface area contributed by atoms with Crippen LogP contribution < -0.4 is 4.90 Å². The van der Waals surface area contributed by atoms with E-state index in [0.717, 1.165) is 16.8 Å². The van der Waals surface area contributed by atoms with Gasteiger partial charge in [-0.15, -0.1) is 6.58 Å². The molecule has 8 heteroatoms. The molecule has 2 unspecified atom stereocenters. The molecular weight excluding hydrogens is 436 g/mol. The predicted molar refractivity (Wildman–Crippen MR) is 126 cm³/mol. The molecule has 3 aliphatic heterocycles. The smallest absolute Gasteiger partial charge is 0.310 e. The van der Waals surface area contributed by atoms with Gasteiger partial charge in [-0.05, 0) is 57.6 Å². The van der Waals surface area contributed by atoms with Crippen molar-refractivity contribution in [1.82, 2.24) is 4.90 Å². The molecule has 3 heterocycles. The quantitative estimate of drug-likeness (QED) is 0.424. The number of carboxylic acid groups (broad SMARTS) is 1. The van der Waals surface area contributed by atoms with E-state index in [1.807, 2.05) is 32.0 Å². The molecule has 1 spiro atoms. The number of likely N-dealkylation sites (tertiary alicyclic amines) is 1. The van der Waals surface area contributed by atoms with Gasteiger partial charge in [-0.2, -0.15) is 0 Å². The highest BCUT2D eigenvalue weighted by Crippen LogP contribution is 2.63. The van der Waals surface area contributed by atoms with Gasteiger partial charge in [-0.25, -0.2) is 0 Å². The topological polar surface area (TPSA) is 107 Å². The summed E-state index contributed by atoms with van der Waals surface area (Å²) in [5.41, 5.74) is 0.452. The zero-order valence-electron chi connectivity index (χ0n) is 20.1. The van der Waals surface area contributed by atoms with Crippen LogP contribution in [-0.2, 0) is 19.1 Å². The molecule has 3 aliphatic rings. The lowest BCUT2D eigenvalue weighted by Gasteiger charge is -2.37. The molecule has 2 N–H and O–H groups in total. The summed E-state index contributed by atoms with van der Waals surface area (Å²) in [5, 5.41) is 19.3. The Morgan fingerprint density at radius 1 is 1.26 bits per heavy atom. The van der Waals surface area contributed by atoms with E-state index in [9.17, 15) is 24.6 Å². The average molecular weight is 471 g/mol. The largest absolute Gasteiger partial charge is 0.481 e. The molecule has 0 aromatic heterocycles. The molecule has 0 saturated carbocycles. The SMILES string of the molecule is C=CCN(C(=O)C1N(CCCCO)C(=O)[C@@H]2[C@H](C(=O)O)[C@]3(C)CCC12O3)c1c(C)cccc1C. The third-order valence-corrected chi connectivity index (χ3v) is 7.87. The van der Waals surface area contributed by atoms with Gasteiger partial charge in [0.2, 0.25) is 5.91 Å². The van der Waals surface area contributed by atoms with Gasteiger partial charge < -0.3 is 24.7 Å². The van der Waals surface area contributed by atoms with Crippen molar-refractivity contribution in [1.29, 1.82) is 0 Å². The highest BCUT2D eigenvalue weighted by Gasteiger charge is 2.78. The summed E-state index contributed by atoms with van der Waals surface area (Å²) in [6.45, 7) is 9.94. The maximum atomic E-state index is 14.3. The molecule has 4 rings (SSSR count). The Bertz CT molecular complexity index is 1000. The molecular formula is C26H34N2O6. The maximum absolute atomic E-state index is 14.3. The minimum absolute atomic E-state index is 0.0213. The number of carbonyl (C=O) groups excluding carboxylic acids is 2. The van der Waals surface area contributed by atoms with Crippen LogP contribution in [0.15, 0.2) is 30.9 Å². The summed E-state index contributed by atoms with van der Waals surface area (Å²) in [6, 6.07) is 4.86. The van der Waals surface area contributed by atoms with Crippen LogP contribution in [0.25, 0.3) is 0 Å². The lowest BCUT2D eigenvalue weighted by molar-refractivity contribution is -0.154. The number of fused-ring (bicyclic) bond motifs is 1. The summed E-state index contributed by atoms with van der Waals surface area (Å²) in [5.74, 6) is -3.60. The van der Waals surface area contributed by atoms with Crippen molar-refractivity contribution in [3.8, 4) is 0 Å². The van der Waals surface area contributed by atoms with Crippen LogP contribution in [0.2, 0.25) is 0 Å². The number of ether oxygens (including phenoxy) is 1. The van der Waals surface area contributed by atoms with Crippen molar-refractivity contribution < 1.29 is 29.3 Å².